The summed E-state index contributed by atoms with van der Waals surface area (Å²) in [5, 5.41) is 16.9. The number of carbonyl (C=O) groups is 2. The van der Waals surface area contributed by atoms with Gasteiger partial charge in [0.15, 0.2) is 0 Å². The van der Waals surface area contributed by atoms with Crippen molar-refractivity contribution in [3.63, 3.8) is 0 Å². The van der Waals surface area contributed by atoms with Gasteiger partial charge in [-0.15, -0.1) is 10.2 Å². The molecule has 2 aromatic heterocycles. The van der Waals surface area contributed by atoms with Crippen LogP contribution in [0.25, 0.3) is 0 Å². The van der Waals surface area contributed by atoms with E-state index < -0.39 is 17.2 Å². The van der Waals surface area contributed by atoms with E-state index in [2.05, 4.69) is 33.0 Å². The molecule has 10 nitrogen and oxygen atoms in total. The highest BCUT2D eigenvalue weighted by Gasteiger charge is 2.56. The van der Waals surface area contributed by atoms with E-state index in [9.17, 15) is 9.59 Å². The van der Waals surface area contributed by atoms with E-state index in [0.29, 0.717) is 16.3 Å². The molecule has 212 valence electrons. The van der Waals surface area contributed by atoms with E-state index in [-0.39, 0.29) is 11.9 Å². The molecule has 0 bridgehead atoms. The Hall–Kier alpha value is -3.47. The number of ketones is 2. The number of Topliss-reactive ketones (excluding diaryl/α,β-unsaturated/α-hetero) is 2. The van der Waals surface area contributed by atoms with E-state index in [1.807, 2.05) is 19.9 Å². The van der Waals surface area contributed by atoms with Gasteiger partial charge in [0.25, 0.3) is 5.66 Å². The van der Waals surface area contributed by atoms with Crippen molar-refractivity contribution in [1.82, 2.24) is 24.7 Å². The van der Waals surface area contributed by atoms with Gasteiger partial charge < -0.3 is 5.32 Å². The summed E-state index contributed by atoms with van der Waals surface area (Å²) in [6.45, 7) is 6.03. The van der Waals surface area contributed by atoms with Crippen LogP contribution in [0, 0.1) is 13.8 Å². The van der Waals surface area contributed by atoms with Gasteiger partial charge in [0, 0.05) is 22.6 Å². The fourth-order valence-electron chi connectivity index (χ4n) is 5.30. The Bertz CT molecular complexity index is 1370. The Balaban J connectivity index is 1.30. The highest BCUT2D eigenvalue weighted by Crippen LogP contribution is 2.36. The minimum Gasteiger partial charge on any atom is -0.315 e. The van der Waals surface area contributed by atoms with Crippen LogP contribution < -0.4 is 10.7 Å². The number of thioether (sulfide) groups is 1. The van der Waals surface area contributed by atoms with E-state index in [4.69, 9.17) is 4.99 Å². The second-order valence-electron chi connectivity index (χ2n) is 10.6. The van der Waals surface area contributed by atoms with Crippen molar-refractivity contribution in [3.8, 4) is 0 Å². The molecule has 0 saturated heterocycles. The zero-order valence-electron chi connectivity index (χ0n) is 23.6. The van der Waals surface area contributed by atoms with Gasteiger partial charge in [-0.1, -0.05) is 101 Å². The van der Waals surface area contributed by atoms with Gasteiger partial charge in [-0.3, -0.25) is 15.0 Å². The van der Waals surface area contributed by atoms with Gasteiger partial charge in [-0.2, -0.15) is 9.77 Å². The molecule has 2 N–H and O–H groups in total. The summed E-state index contributed by atoms with van der Waals surface area (Å²) in [6, 6.07) is 8.71. The minimum absolute atomic E-state index is 0.243. The Morgan fingerprint density at radius 2 is 1.50 bits per heavy atom. The minimum atomic E-state index is -1.89. The monoisotopic (exact) mass is 562 g/mol. The van der Waals surface area contributed by atoms with E-state index in [1.54, 1.807) is 45.4 Å². The zero-order chi connectivity index (χ0) is 28.1. The molecule has 0 radical (unpaired) electrons. The largest absolute Gasteiger partial charge is 0.315 e. The van der Waals surface area contributed by atoms with Crippen LogP contribution in [-0.4, -0.2) is 53.6 Å². The molecule has 11 heteroatoms. The molecule has 0 fully saturated rings. The number of nitrogens with zero attached hydrogens (tertiary/aromatic N) is 6. The fraction of sp³-hybridized carbons (Fsp3) is 0.517. The third-order valence-electron chi connectivity index (χ3n) is 7.42. The SMILES string of the molecule is CCCCCCCCCCCCSc1nnc2n1NC(n1nc(C)cc1C)=NC1(N2)C(=O)c2ccccc2C1=O. The maximum absolute atomic E-state index is 13.7. The van der Waals surface area contributed by atoms with Crippen molar-refractivity contribution >= 4 is 35.2 Å². The average molecular weight is 563 g/mol. The first-order valence-corrected chi connectivity index (χ1v) is 15.4. The molecule has 40 heavy (non-hydrogen) atoms. The number of carbonyl (C=O) groups excluding carboxylic acids is 2. The lowest BCUT2D eigenvalue weighted by Gasteiger charge is -2.21. The summed E-state index contributed by atoms with van der Waals surface area (Å²) >= 11 is 1.59. The maximum atomic E-state index is 13.7. The molecule has 5 rings (SSSR count). The number of aliphatic imine (C=N–C) groups is 1. The number of hydrogen-bond acceptors (Lipinski definition) is 9. The fourth-order valence-corrected chi connectivity index (χ4v) is 6.19. The normalized spacial score (nSPS) is 15.4. The van der Waals surface area contributed by atoms with Crippen LogP contribution in [0.3, 0.4) is 0 Å². The summed E-state index contributed by atoms with van der Waals surface area (Å²) < 4.78 is 3.27. The van der Waals surface area contributed by atoms with Crippen molar-refractivity contribution < 1.29 is 9.59 Å². The van der Waals surface area contributed by atoms with Crippen LogP contribution in [-0.2, 0) is 0 Å². The van der Waals surface area contributed by atoms with Gasteiger partial charge in [0.1, 0.15) is 0 Å². The highest BCUT2D eigenvalue weighted by molar-refractivity contribution is 7.99. The van der Waals surface area contributed by atoms with Crippen molar-refractivity contribution in [1.29, 1.82) is 0 Å². The maximum Gasteiger partial charge on any atom is 0.263 e. The van der Waals surface area contributed by atoms with Crippen molar-refractivity contribution in [2.24, 2.45) is 4.99 Å². The number of hydrogen-bond donors (Lipinski definition) is 2. The molecule has 1 aromatic carbocycles. The van der Waals surface area contributed by atoms with E-state index >= 15 is 0 Å². The first-order valence-electron chi connectivity index (χ1n) is 14.4. The van der Waals surface area contributed by atoms with Crippen LogP contribution in [0.4, 0.5) is 5.95 Å². The summed E-state index contributed by atoms with van der Waals surface area (Å²) in [5.74, 6) is 0.527. The molecule has 3 aromatic rings. The standard InChI is InChI=1S/C29H38N8O2S/c1-4-5-6-7-8-9-10-11-12-15-18-40-28-33-32-26-30-29(24(38)22-16-13-14-17-23(22)25(29)39)31-27(35-37(26)28)36-21(3)19-20(2)34-36/h13-14,16-17,19H,4-12,15,18H2,1-3H3,(H,30,32)(H,31,35). The lowest BCUT2D eigenvalue weighted by Crippen LogP contribution is -2.48. The smallest absolute Gasteiger partial charge is 0.263 e. The molecule has 0 unspecified atom stereocenters. The molecule has 1 aliphatic heterocycles. The Kier molecular flexibility index (Phi) is 8.68. The van der Waals surface area contributed by atoms with Crippen LogP contribution in [0.5, 0.6) is 0 Å². The molecular weight excluding hydrogens is 524 g/mol. The van der Waals surface area contributed by atoms with Gasteiger partial charge in [0.2, 0.25) is 28.6 Å². The van der Waals surface area contributed by atoms with Gasteiger partial charge >= 0.3 is 0 Å². The Morgan fingerprint density at radius 3 is 2.10 bits per heavy atom. The third-order valence-corrected chi connectivity index (χ3v) is 8.44. The lowest BCUT2D eigenvalue weighted by atomic mass is 10.1. The first-order chi connectivity index (χ1) is 19.4. The summed E-state index contributed by atoms with van der Waals surface area (Å²) in [7, 11) is 0. The second kappa shape index (κ2) is 12.4. The third kappa shape index (κ3) is 5.56. The van der Waals surface area contributed by atoms with Crippen LogP contribution in [0.2, 0.25) is 0 Å². The highest BCUT2D eigenvalue weighted by atomic mass is 32.2. The number of rotatable bonds is 12. The summed E-state index contributed by atoms with van der Waals surface area (Å²) in [6.07, 6.45) is 12.8. The predicted octanol–water partition coefficient (Wildman–Crippen LogP) is 5.75. The first kappa shape index (κ1) is 28.1. The van der Waals surface area contributed by atoms with Crippen molar-refractivity contribution in [2.75, 3.05) is 16.5 Å². The number of fused-ring (bicyclic) bond motifs is 2. The Morgan fingerprint density at radius 1 is 0.875 bits per heavy atom. The van der Waals surface area contributed by atoms with E-state index in [1.165, 1.54) is 57.8 Å². The second-order valence-corrected chi connectivity index (χ2v) is 11.7. The topological polar surface area (TPSA) is 119 Å². The molecule has 0 saturated carbocycles. The molecule has 1 aliphatic carbocycles. The number of unbranched alkanes of at least 4 members (excludes halogenated alkanes) is 9. The zero-order valence-corrected chi connectivity index (χ0v) is 24.4. The molecule has 1 spiro atoms. The van der Waals surface area contributed by atoms with Gasteiger partial charge in [-0.05, 0) is 26.3 Å². The molecule has 0 atom stereocenters. The van der Waals surface area contributed by atoms with Crippen molar-refractivity contribution in [2.45, 2.75) is 95.8 Å². The van der Waals surface area contributed by atoms with Gasteiger partial charge in [0.05, 0.1) is 5.69 Å². The van der Waals surface area contributed by atoms with Crippen molar-refractivity contribution in [3.05, 3.63) is 52.8 Å². The number of aryl methyl sites for hydroxylation is 2. The Labute approximate surface area is 239 Å². The predicted molar refractivity (Wildman–Crippen MR) is 158 cm³/mol. The lowest BCUT2D eigenvalue weighted by molar-refractivity contribution is 0.0826. The average Bonchev–Trinajstić information content (AvgIpc) is 3.50. The molecular formula is C29H38N8O2S. The quantitative estimate of drug-likeness (QED) is 0.163. The van der Waals surface area contributed by atoms with Crippen LogP contribution in [0.15, 0.2) is 40.5 Å². The molecule has 0 amide bonds. The molecule has 3 heterocycles. The number of aromatic nitrogens is 5. The summed E-state index contributed by atoms with van der Waals surface area (Å²) in [5.41, 5.74) is 3.62. The van der Waals surface area contributed by atoms with Crippen LogP contribution in [0.1, 0.15) is 103 Å². The number of benzene rings is 1. The van der Waals surface area contributed by atoms with Crippen LogP contribution >= 0.6 is 11.8 Å². The molecule has 2 aliphatic rings. The number of nitrogens with one attached hydrogen (secondary N) is 2. The summed E-state index contributed by atoms with van der Waals surface area (Å²) in [4.78, 5) is 32.1. The number of anilines is 1. The van der Waals surface area contributed by atoms with Gasteiger partial charge in [-0.25, -0.2) is 9.67 Å². The van der Waals surface area contributed by atoms with E-state index in [0.717, 1.165) is 23.6 Å².